The Hall–Kier alpha value is -5.71. The summed E-state index contributed by atoms with van der Waals surface area (Å²) in [5, 5.41) is 15.5. The molecule has 0 bridgehead atoms. The van der Waals surface area contributed by atoms with Gasteiger partial charge in [-0.2, -0.15) is 0 Å². The summed E-state index contributed by atoms with van der Waals surface area (Å²) in [7, 11) is 22.3. The number of hydrogen-bond acceptors (Lipinski definition) is 9. The van der Waals surface area contributed by atoms with E-state index in [2.05, 4.69) is 247 Å². The second-order valence-corrected chi connectivity index (χ2v) is 44.4. The van der Waals surface area contributed by atoms with Gasteiger partial charge >= 0.3 is 7.12 Å². The van der Waals surface area contributed by atoms with Crippen LogP contribution < -0.4 is 26.2 Å². The largest absolute Gasteiger partial charge is 0.494 e. The molecule has 0 saturated carbocycles. The summed E-state index contributed by atoms with van der Waals surface area (Å²) in [5.74, 6) is 5.62. The van der Waals surface area contributed by atoms with Crippen molar-refractivity contribution < 1.29 is 42.4 Å². The summed E-state index contributed by atoms with van der Waals surface area (Å²) < 4.78 is 27.4. The van der Waals surface area contributed by atoms with Crippen molar-refractivity contribution in [3.05, 3.63) is 269 Å². The molecule has 9 nitrogen and oxygen atoms in total. The van der Waals surface area contributed by atoms with E-state index in [-0.39, 0.29) is 23.1 Å². The van der Waals surface area contributed by atoms with Crippen LogP contribution in [-0.2, 0) is 18.2 Å². The van der Waals surface area contributed by atoms with Gasteiger partial charge in [-0.05, 0) is 206 Å². The van der Waals surface area contributed by atoms with Crippen LogP contribution in [0.1, 0.15) is 226 Å². The first-order valence-electron chi connectivity index (χ1n) is 40.4. The first-order chi connectivity index (χ1) is 56.8. The van der Waals surface area contributed by atoms with E-state index >= 15 is 0 Å². The highest BCUT2D eigenvalue weighted by Crippen LogP contribution is 2.40. The fraction of sp³-hybridized carbons (Fsp3) is 0.355. The topological polar surface area (TPSA) is 125 Å². The Kier molecular flexibility index (Phi) is 53.1. The van der Waals surface area contributed by atoms with Crippen LogP contribution in [0.2, 0.25) is 30.2 Å². The van der Waals surface area contributed by atoms with Crippen LogP contribution in [0.25, 0.3) is 5.57 Å². The molecule has 1 saturated heterocycles. The first-order valence-corrected chi connectivity index (χ1v) is 47.6. The van der Waals surface area contributed by atoms with Gasteiger partial charge in [-0.3, -0.25) is 19.2 Å². The third kappa shape index (κ3) is 36.5. The number of aliphatic hydroxyl groups excluding tert-OH is 1. The number of carbonyl (C=O) groups is 4. The van der Waals surface area contributed by atoms with Crippen LogP contribution in [0.15, 0.2) is 215 Å². The Labute approximate surface area is 773 Å². The van der Waals surface area contributed by atoms with E-state index in [1.807, 2.05) is 58.0 Å². The van der Waals surface area contributed by atoms with Gasteiger partial charge in [0.1, 0.15) is 0 Å². The van der Waals surface area contributed by atoms with E-state index in [0.717, 1.165) is 111 Å². The molecule has 11 radical (unpaired) electrons. The van der Waals surface area contributed by atoms with Gasteiger partial charge in [0.05, 0.1) is 31.3 Å². The molecule has 1 atom stereocenters. The zero-order valence-corrected chi connectivity index (χ0v) is 81.1. The van der Waals surface area contributed by atoms with Crippen LogP contribution in [0.5, 0.6) is 0 Å². The molecule has 0 amide bonds. The molecule has 1 aliphatic rings. The van der Waals surface area contributed by atoms with Crippen LogP contribution in [0.4, 0.5) is 0 Å². The molecule has 8 aromatic rings. The molecule has 1 heterocycles. The summed E-state index contributed by atoms with van der Waals surface area (Å²) in [6, 6.07) is 64.6. The normalized spacial score (nSPS) is 12.4. The lowest BCUT2D eigenvalue weighted by molar-refractivity contribution is 0.00578. The lowest BCUT2D eigenvalue weighted by Gasteiger charge is -2.43. The highest BCUT2D eigenvalue weighted by atomic mass is 127. The molecule has 1 aliphatic heterocycles. The van der Waals surface area contributed by atoms with Gasteiger partial charge < -0.3 is 23.3 Å². The minimum absolute atomic E-state index is 0.0336. The van der Waals surface area contributed by atoms with Gasteiger partial charge in [0.25, 0.3) is 16.6 Å². The maximum Gasteiger partial charge on any atom is 0.494 e. The summed E-state index contributed by atoms with van der Waals surface area (Å²) in [6.07, 6.45) is 23.8. The van der Waals surface area contributed by atoms with E-state index in [1.165, 1.54) is 49.8 Å². The number of allylic oxidation sites excluding steroid dienone is 2. The second kappa shape index (κ2) is 57.7. The van der Waals surface area contributed by atoms with Gasteiger partial charge in [0, 0.05) is 124 Å². The Morgan fingerprint density at radius 3 is 1.29 bits per heavy atom. The Balaban J connectivity index is 0.000000479. The van der Waals surface area contributed by atoms with E-state index in [4.69, 9.17) is 121 Å². The predicted molar refractivity (Wildman–Crippen MR) is 542 cm³/mol. The third-order valence-electron chi connectivity index (χ3n) is 19.9. The smallest absolute Gasteiger partial charge is 0.407 e. The molecule has 619 valence electrons. The first kappa shape index (κ1) is 110. The quantitative estimate of drug-likeness (QED) is 0.0149. The Morgan fingerprint density at radius 2 is 0.942 bits per heavy atom. The molecule has 1 fully saturated rings. The highest BCUT2D eigenvalue weighted by molar-refractivity contribution is 14.1. The predicted octanol–water partition coefficient (Wildman–Crippen LogP) is 20.4. The maximum atomic E-state index is 10.9. The number of aldehydes is 4. The van der Waals surface area contributed by atoms with Crippen LogP contribution in [-0.4, -0.2) is 150 Å². The number of unbranched alkanes of at least 4 members (excludes halogenated alkanes) is 4. The van der Waals surface area contributed by atoms with E-state index < -0.39 is 47.7 Å². The van der Waals surface area contributed by atoms with Crippen molar-refractivity contribution in [2.75, 3.05) is 19.8 Å². The fourth-order valence-electron chi connectivity index (χ4n) is 12.5. The van der Waals surface area contributed by atoms with E-state index in [9.17, 15) is 19.2 Å². The molecular formula is C93H113B10BrCl4IO9Si2. The molecule has 0 spiro atoms. The van der Waals surface area contributed by atoms with Crippen molar-refractivity contribution in [2.45, 2.75) is 194 Å². The SMILES string of the molecule is C#CCCCO.C#CCCCO[Si](c1ccccc1)(c1ccccc1)C(C)(C)C.C=C(CCCC)c1ccc(Cl)c(C=O)c1.C=C(I)CCCO[Si](c1ccccc1)(c1ccccc1)C(C)(C)C.CC1(C)OB(c2ccc(Cl)c(C=O)c2)OC1(C)C.CCCCC(C)c1ccc(Cl)c(C=O)c1.O=Cc1cc(Br)ccc1Cl.[B][B]B(B([B])[B])B([B])[B]. The lowest BCUT2D eigenvalue weighted by Crippen LogP contribution is -2.66. The maximum absolute atomic E-state index is 10.9. The zero-order valence-electron chi connectivity index (χ0n) is 72.3. The van der Waals surface area contributed by atoms with Gasteiger partial charge in [-0.15, -0.1) is 24.7 Å². The van der Waals surface area contributed by atoms with Crippen LogP contribution in [0, 0.1) is 24.7 Å². The number of benzene rings is 8. The number of hydrogen-bond donors (Lipinski definition) is 1. The fourth-order valence-corrected chi connectivity index (χ4v) is 23.1. The number of carbonyl (C=O) groups excluding carboxylic acids is 4. The molecule has 0 aliphatic carbocycles. The second-order valence-electron chi connectivity index (χ2n) is 31.7. The molecule has 0 aromatic heterocycles. The number of aliphatic hydroxyl groups is 1. The van der Waals surface area contributed by atoms with Crippen molar-refractivity contribution in [2.24, 2.45) is 0 Å². The summed E-state index contributed by atoms with van der Waals surface area (Å²) in [6.45, 7) is 38.0. The van der Waals surface area contributed by atoms with Crippen molar-refractivity contribution in [3.8, 4) is 24.7 Å². The molecule has 120 heavy (non-hydrogen) atoms. The standard InChI is InChI=1S/C21H27IOSi.C21H26OSi.C13H16BClO3.C13H17ClO.C13H15ClO.C7H4BrClO.C5H8O.B9/c1-18(22)12-11-17-23-24(21(2,3)4,19-13-7-5-8-14-19)20-15-9-6-10-16-20;1-5-6-13-18-22-23(21(2,3)4,19-14-9-7-10-15-19)20-16-11-8-12-17-20;1-12(2)13(3,4)18-14(17-12)10-5-6-11(15)9(7-10)8-16;2*1-3-4-5-10(2)11-6-7-13(14)12(8-11)9-15;8-6-1-2-7(9)5(3-6)4-10;1-2-3-4-5-6;1-6-9(7(2)3)8(4)5/h5-10,13-16H,1,11-12,17H2,2-4H3;1,7-12,14-17H,6,13,18H2,2-4H3;5-8H,1-4H3;6-10H,3-5H2,1-2H3;6-9H,2-5H2,1H3;1-4H;1,6H,3-5H2;. The monoisotopic (exact) mass is 1890 g/mol. The van der Waals surface area contributed by atoms with Crippen molar-refractivity contribution in [1.82, 2.24) is 0 Å². The molecule has 27 heteroatoms. The minimum atomic E-state index is -2.37. The third-order valence-corrected chi connectivity index (χ3v) is 32.4. The Morgan fingerprint density at radius 1 is 0.567 bits per heavy atom. The molecule has 1 unspecified atom stereocenters. The lowest BCUT2D eigenvalue weighted by atomic mass is 8.64. The number of terminal acetylenes is 2. The number of halogens is 6. The van der Waals surface area contributed by atoms with Gasteiger partial charge in [0.2, 0.25) is 0 Å². The molecule has 9 rings (SSSR count). The summed E-state index contributed by atoms with van der Waals surface area (Å²) in [5.41, 5.74) is 5.39. The van der Waals surface area contributed by atoms with Crippen molar-refractivity contribution >= 4 is 231 Å². The van der Waals surface area contributed by atoms with Gasteiger partial charge in [-0.1, -0.05) is 303 Å². The molecular weight excluding hydrogens is 1770 g/mol. The molecule has 1 N–H and O–H groups in total. The van der Waals surface area contributed by atoms with Gasteiger partial charge in [-0.25, -0.2) is 0 Å². The summed E-state index contributed by atoms with van der Waals surface area (Å²) in [4.78, 5) is 42.6. The van der Waals surface area contributed by atoms with Crippen molar-refractivity contribution in [3.63, 3.8) is 0 Å². The zero-order chi connectivity index (χ0) is 90.3. The highest BCUT2D eigenvalue weighted by Gasteiger charge is 2.53. The van der Waals surface area contributed by atoms with E-state index in [1.54, 1.807) is 42.5 Å². The van der Waals surface area contributed by atoms with E-state index in [0.29, 0.717) is 61.3 Å². The average molecular weight is 1890 g/mol. The van der Waals surface area contributed by atoms with Crippen LogP contribution >= 0.6 is 84.9 Å². The van der Waals surface area contributed by atoms with Crippen LogP contribution in [0.3, 0.4) is 0 Å². The minimum Gasteiger partial charge on any atom is -0.407 e. The average Bonchev–Trinajstić information content (AvgIpc) is 1.04. The summed E-state index contributed by atoms with van der Waals surface area (Å²) >= 11 is 28.8. The van der Waals surface area contributed by atoms with Crippen molar-refractivity contribution in [1.29, 1.82) is 0 Å². The number of rotatable bonds is 31. The molecule has 8 aromatic carbocycles. The van der Waals surface area contributed by atoms with Gasteiger partial charge in [0.15, 0.2) is 25.1 Å². The Bertz CT molecular complexity index is 4360.